The monoisotopic (exact) mass is 240 g/mol. The van der Waals surface area contributed by atoms with Gasteiger partial charge in [0, 0.05) is 6.20 Å². The van der Waals surface area contributed by atoms with Gasteiger partial charge in [0.1, 0.15) is 5.60 Å². The summed E-state index contributed by atoms with van der Waals surface area (Å²) in [7, 11) is 0. The van der Waals surface area contributed by atoms with Crippen LogP contribution in [0, 0.1) is 0 Å². The molecule has 1 aromatic rings. The molecule has 0 amide bonds. The molecule has 0 aliphatic heterocycles. The smallest absolute Gasteiger partial charge is 0.331 e. The van der Waals surface area contributed by atoms with Crippen molar-refractivity contribution in [1.29, 1.82) is 0 Å². The molecular weight excluding hydrogens is 220 g/mol. The number of hydrogen-bond acceptors (Lipinski definition) is 5. The molecule has 0 saturated carbocycles. The lowest BCUT2D eigenvalue weighted by Gasteiger charge is -2.23. The minimum atomic E-state index is -0.525. The molecule has 1 unspecified atom stereocenters. The van der Waals surface area contributed by atoms with Gasteiger partial charge in [0.2, 0.25) is 0 Å². The van der Waals surface area contributed by atoms with Gasteiger partial charge in [0.25, 0.3) is 0 Å². The van der Waals surface area contributed by atoms with Crippen LogP contribution in [0.25, 0.3) is 0 Å². The second kappa shape index (κ2) is 5.18. The average molecular weight is 240 g/mol. The van der Waals surface area contributed by atoms with Crippen molar-refractivity contribution in [3.05, 3.63) is 12.4 Å². The van der Waals surface area contributed by atoms with Crippen LogP contribution in [-0.2, 0) is 9.53 Å². The highest BCUT2D eigenvalue weighted by Gasteiger charge is 2.26. The van der Waals surface area contributed by atoms with E-state index >= 15 is 0 Å². The molecule has 0 radical (unpaired) electrons. The Hall–Kier alpha value is -1.56. The van der Waals surface area contributed by atoms with E-state index in [-0.39, 0.29) is 5.97 Å². The van der Waals surface area contributed by atoms with Gasteiger partial charge in [-0.1, -0.05) is 0 Å². The van der Waals surface area contributed by atoms with Crippen LogP contribution in [0.4, 0.5) is 5.69 Å². The van der Waals surface area contributed by atoms with Crippen molar-refractivity contribution in [1.82, 2.24) is 9.78 Å². The van der Waals surface area contributed by atoms with Crippen LogP contribution < -0.4 is 11.5 Å². The third-order valence-electron chi connectivity index (χ3n) is 2.06. The predicted octanol–water partition coefficient (Wildman–Crippen LogP) is 0.697. The number of ether oxygens (including phenoxy) is 1. The van der Waals surface area contributed by atoms with Crippen molar-refractivity contribution in [2.75, 3.05) is 12.3 Å². The maximum Gasteiger partial charge on any atom is 0.331 e. The van der Waals surface area contributed by atoms with Crippen LogP contribution in [0.1, 0.15) is 33.2 Å². The van der Waals surface area contributed by atoms with Crippen LogP contribution in [0.2, 0.25) is 0 Å². The standard InChI is InChI=1S/C11H20N4O2/c1-11(2,3)17-10(16)9(4-5-12)15-7-8(13)6-14-15/h6-7,9H,4-5,12-13H2,1-3H3. The first kappa shape index (κ1) is 13.5. The molecule has 1 heterocycles. The predicted molar refractivity (Wildman–Crippen MR) is 65.2 cm³/mol. The third kappa shape index (κ3) is 4.07. The Bertz CT molecular complexity index is 381. The number of hydrogen-bond donors (Lipinski definition) is 2. The molecule has 0 aliphatic carbocycles. The van der Waals surface area contributed by atoms with Crippen molar-refractivity contribution in [3.8, 4) is 0 Å². The van der Waals surface area contributed by atoms with Crippen molar-refractivity contribution in [2.24, 2.45) is 5.73 Å². The SMILES string of the molecule is CC(C)(C)OC(=O)C(CCN)n1cc(N)cn1. The first-order chi connectivity index (χ1) is 7.83. The van der Waals surface area contributed by atoms with Crippen molar-refractivity contribution < 1.29 is 9.53 Å². The molecule has 1 aromatic heterocycles. The van der Waals surface area contributed by atoms with Gasteiger partial charge >= 0.3 is 5.97 Å². The quantitative estimate of drug-likeness (QED) is 0.755. The molecule has 1 atom stereocenters. The fraction of sp³-hybridized carbons (Fsp3) is 0.636. The highest BCUT2D eigenvalue weighted by atomic mass is 16.6. The topological polar surface area (TPSA) is 96.2 Å². The highest BCUT2D eigenvalue weighted by molar-refractivity contribution is 5.74. The Morgan fingerprint density at radius 2 is 2.24 bits per heavy atom. The number of nitrogens with two attached hydrogens (primary N) is 2. The first-order valence-electron chi connectivity index (χ1n) is 5.56. The normalized spacial score (nSPS) is 13.4. The molecule has 0 aliphatic rings. The molecular formula is C11H20N4O2. The Kier molecular flexibility index (Phi) is 4.11. The number of aromatic nitrogens is 2. The second-order valence-corrected chi connectivity index (χ2v) is 4.88. The summed E-state index contributed by atoms with van der Waals surface area (Å²) in [6, 6.07) is -0.517. The van der Waals surface area contributed by atoms with E-state index in [0.717, 1.165) is 0 Å². The van der Waals surface area contributed by atoms with E-state index in [4.69, 9.17) is 16.2 Å². The number of rotatable bonds is 4. The highest BCUT2D eigenvalue weighted by Crippen LogP contribution is 2.18. The molecule has 0 saturated heterocycles. The molecule has 4 N–H and O–H groups in total. The van der Waals surface area contributed by atoms with Crippen molar-refractivity contribution in [3.63, 3.8) is 0 Å². The van der Waals surface area contributed by atoms with Gasteiger partial charge in [-0.15, -0.1) is 0 Å². The molecule has 17 heavy (non-hydrogen) atoms. The zero-order valence-electron chi connectivity index (χ0n) is 10.5. The molecule has 6 heteroatoms. The lowest BCUT2D eigenvalue weighted by molar-refractivity contribution is -0.159. The van der Waals surface area contributed by atoms with Crippen molar-refractivity contribution in [2.45, 2.75) is 38.8 Å². The van der Waals surface area contributed by atoms with E-state index < -0.39 is 11.6 Å². The Balaban J connectivity index is 2.82. The number of carbonyl (C=O) groups is 1. The molecule has 0 spiro atoms. The van der Waals surface area contributed by atoms with Crippen molar-refractivity contribution >= 4 is 11.7 Å². The first-order valence-corrected chi connectivity index (χ1v) is 5.56. The van der Waals surface area contributed by atoms with E-state index in [9.17, 15) is 4.79 Å². The van der Waals surface area contributed by atoms with Gasteiger partial charge in [-0.2, -0.15) is 5.10 Å². The maximum absolute atomic E-state index is 12.0. The number of nitrogens with zero attached hydrogens (tertiary/aromatic N) is 2. The average Bonchev–Trinajstić information content (AvgIpc) is 2.58. The fourth-order valence-corrected chi connectivity index (χ4v) is 1.41. The largest absolute Gasteiger partial charge is 0.458 e. The Morgan fingerprint density at radius 3 is 2.65 bits per heavy atom. The Morgan fingerprint density at radius 1 is 1.59 bits per heavy atom. The number of nitrogen functional groups attached to an aromatic ring is 1. The van der Waals surface area contributed by atoms with E-state index in [1.54, 1.807) is 6.20 Å². The van der Waals surface area contributed by atoms with Gasteiger partial charge in [-0.25, -0.2) is 4.79 Å². The van der Waals surface area contributed by atoms with Crippen LogP contribution in [0.3, 0.4) is 0 Å². The van der Waals surface area contributed by atoms with Crippen LogP contribution in [0.15, 0.2) is 12.4 Å². The molecule has 6 nitrogen and oxygen atoms in total. The summed E-state index contributed by atoms with van der Waals surface area (Å²) < 4.78 is 6.82. The lowest BCUT2D eigenvalue weighted by atomic mass is 10.1. The van der Waals surface area contributed by atoms with Gasteiger partial charge in [-0.05, 0) is 33.7 Å². The van der Waals surface area contributed by atoms with E-state index in [1.165, 1.54) is 10.9 Å². The summed E-state index contributed by atoms with van der Waals surface area (Å²) in [5.41, 5.74) is 11.1. The van der Waals surface area contributed by atoms with Gasteiger partial charge in [-0.3, -0.25) is 4.68 Å². The van der Waals surface area contributed by atoms with Gasteiger partial charge < -0.3 is 16.2 Å². The maximum atomic E-state index is 12.0. The van der Waals surface area contributed by atoms with E-state index in [2.05, 4.69) is 5.10 Å². The van der Waals surface area contributed by atoms with Gasteiger partial charge in [0.05, 0.1) is 11.9 Å². The minimum Gasteiger partial charge on any atom is -0.458 e. The summed E-state index contributed by atoms with van der Waals surface area (Å²) in [4.78, 5) is 12.0. The summed E-state index contributed by atoms with van der Waals surface area (Å²) in [5, 5.41) is 4.02. The summed E-state index contributed by atoms with van der Waals surface area (Å²) in [6.07, 6.45) is 3.56. The second-order valence-electron chi connectivity index (χ2n) is 4.88. The zero-order chi connectivity index (χ0) is 13.1. The van der Waals surface area contributed by atoms with E-state index in [1.807, 2.05) is 20.8 Å². The van der Waals surface area contributed by atoms with E-state index in [0.29, 0.717) is 18.7 Å². The summed E-state index contributed by atoms with van der Waals surface area (Å²) in [6.45, 7) is 5.84. The molecule has 0 fully saturated rings. The number of esters is 1. The third-order valence-corrected chi connectivity index (χ3v) is 2.06. The van der Waals surface area contributed by atoms with Crippen LogP contribution >= 0.6 is 0 Å². The van der Waals surface area contributed by atoms with Gasteiger partial charge in [0.15, 0.2) is 6.04 Å². The zero-order valence-corrected chi connectivity index (χ0v) is 10.5. The van der Waals surface area contributed by atoms with Crippen LogP contribution in [0.5, 0.6) is 0 Å². The summed E-state index contributed by atoms with van der Waals surface area (Å²) in [5.74, 6) is -0.342. The minimum absolute atomic E-state index is 0.342. The molecule has 96 valence electrons. The summed E-state index contributed by atoms with van der Waals surface area (Å²) >= 11 is 0. The number of carbonyl (C=O) groups excluding carboxylic acids is 1. The molecule has 1 rings (SSSR count). The number of anilines is 1. The Labute approximate surface area is 101 Å². The van der Waals surface area contributed by atoms with Crippen LogP contribution in [-0.4, -0.2) is 27.9 Å². The lowest BCUT2D eigenvalue weighted by Crippen LogP contribution is -2.31. The molecule has 0 aromatic carbocycles. The molecule has 0 bridgehead atoms. The fourth-order valence-electron chi connectivity index (χ4n) is 1.41.